The standard InChI is InChI=1S/C28H29ClFN5O6/c1-39-26(37)13-35(14-27(38)40-2)9-3-4-25(36)34-23-11-19-22(12-24(23)41-15-17-5-6-17)31-16-32-28(19)33-18-7-8-21(30)20(29)10-18/h3-4,7-8,10-12,16-17H,5-6,9,13-15H2,1-2H3,(H,34,36)(H,31,32,33). The molecule has 0 atom stereocenters. The molecular weight excluding hydrogens is 557 g/mol. The molecule has 0 aliphatic heterocycles. The fraction of sp³-hybridized carbons (Fsp3) is 0.321. The molecule has 1 aromatic heterocycles. The molecule has 1 heterocycles. The van der Waals surface area contributed by atoms with E-state index in [1.165, 1.54) is 55.8 Å². The van der Waals surface area contributed by atoms with Crippen molar-refractivity contribution < 1.29 is 33.0 Å². The van der Waals surface area contributed by atoms with Gasteiger partial charge in [0.15, 0.2) is 0 Å². The van der Waals surface area contributed by atoms with Gasteiger partial charge in [0.2, 0.25) is 5.91 Å². The number of carbonyl (C=O) groups is 3. The Morgan fingerprint density at radius 2 is 1.83 bits per heavy atom. The Kier molecular flexibility index (Phi) is 10.0. The van der Waals surface area contributed by atoms with Crippen molar-refractivity contribution in [2.24, 2.45) is 5.92 Å². The number of carbonyl (C=O) groups excluding carboxylic acids is 3. The third-order valence-corrected chi connectivity index (χ3v) is 6.43. The lowest BCUT2D eigenvalue weighted by atomic mass is 10.1. The van der Waals surface area contributed by atoms with Crippen LogP contribution in [0.5, 0.6) is 5.75 Å². The average molecular weight is 586 g/mol. The lowest BCUT2D eigenvalue weighted by Gasteiger charge is -2.17. The summed E-state index contributed by atoms with van der Waals surface area (Å²) in [5.74, 6) is -0.745. The predicted molar refractivity (Wildman–Crippen MR) is 151 cm³/mol. The van der Waals surface area contributed by atoms with E-state index in [4.69, 9.17) is 16.3 Å². The normalized spacial score (nSPS) is 12.9. The van der Waals surface area contributed by atoms with E-state index in [9.17, 15) is 18.8 Å². The number of aromatic nitrogens is 2. The second-order valence-electron chi connectivity index (χ2n) is 9.31. The summed E-state index contributed by atoms with van der Waals surface area (Å²) in [6.45, 7) is 0.305. The Hall–Kier alpha value is -4.29. The van der Waals surface area contributed by atoms with Crippen molar-refractivity contribution in [2.75, 3.05) is 51.1 Å². The molecular formula is C28H29ClFN5O6. The molecule has 1 saturated carbocycles. The van der Waals surface area contributed by atoms with Crippen molar-refractivity contribution in [1.82, 2.24) is 14.9 Å². The summed E-state index contributed by atoms with van der Waals surface area (Å²) in [6, 6.07) is 7.62. The maximum absolute atomic E-state index is 13.6. The Labute approximate surface area is 240 Å². The van der Waals surface area contributed by atoms with E-state index < -0.39 is 23.7 Å². The number of halogens is 2. The third kappa shape index (κ3) is 8.60. The summed E-state index contributed by atoms with van der Waals surface area (Å²) >= 11 is 5.93. The number of rotatable bonds is 13. The maximum Gasteiger partial charge on any atom is 0.319 e. The van der Waals surface area contributed by atoms with Crippen molar-refractivity contribution in [3.05, 3.63) is 59.7 Å². The lowest BCUT2D eigenvalue weighted by molar-refractivity contribution is -0.145. The van der Waals surface area contributed by atoms with Crippen LogP contribution in [0.25, 0.3) is 10.9 Å². The number of methoxy groups -OCH3 is 2. The van der Waals surface area contributed by atoms with Crippen LogP contribution in [-0.2, 0) is 23.9 Å². The number of nitrogens with one attached hydrogen (secondary N) is 2. The molecule has 2 N–H and O–H groups in total. The van der Waals surface area contributed by atoms with Gasteiger partial charge in [-0.2, -0.15) is 0 Å². The average Bonchev–Trinajstić information content (AvgIpc) is 3.78. The van der Waals surface area contributed by atoms with Gasteiger partial charge >= 0.3 is 11.9 Å². The molecule has 2 aromatic carbocycles. The molecule has 1 amide bonds. The summed E-state index contributed by atoms with van der Waals surface area (Å²) < 4.78 is 29.0. The third-order valence-electron chi connectivity index (χ3n) is 6.14. The number of nitrogens with zero attached hydrogens (tertiary/aromatic N) is 3. The van der Waals surface area contributed by atoms with Crippen molar-refractivity contribution in [1.29, 1.82) is 0 Å². The van der Waals surface area contributed by atoms with Crippen molar-refractivity contribution in [3.8, 4) is 5.75 Å². The zero-order valence-electron chi connectivity index (χ0n) is 22.5. The molecule has 0 saturated heterocycles. The number of esters is 2. The SMILES string of the molecule is COC(=O)CN(CC=CC(=O)Nc1cc2c(Nc3ccc(F)c(Cl)c3)ncnc2cc1OCC1CC1)CC(=O)OC. The van der Waals surface area contributed by atoms with Crippen LogP contribution in [0.4, 0.5) is 21.6 Å². The first kappa shape index (κ1) is 29.7. The van der Waals surface area contributed by atoms with Gasteiger partial charge in [-0.05, 0) is 43.0 Å². The smallest absolute Gasteiger partial charge is 0.319 e. The largest absolute Gasteiger partial charge is 0.491 e. The number of benzene rings is 2. The minimum atomic E-state index is -0.543. The second kappa shape index (κ2) is 13.9. The molecule has 41 heavy (non-hydrogen) atoms. The number of fused-ring (bicyclic) bond motifs is 1. The van der Waals surface area contributed by atoms with E-state index in [1.807, 2.05) is 0 Å². The first-order valence-corrected chi connectivity index (χ1v) is 13.1. The molecule has 3 aromatic rings. The topological polar surface area (TPSA) is 132 Å². The molecule has 4 rings (SSSR count). The highest BCUT2D eigenvalue weighted by molar-refractivity contribution is 6.31. The van der Waals surface area contributed by atoms with Gasteiger partial charge < -0.3 is 24.8 Å². The predicted octanol–water partition coefficient (Wildman–Crippen LogP) is 4.10. The van der Waals surface area contributed by atoms with Crippen LogP contribution >= 0.6 is 11.6 Å². The van der Waals surface area contributed by atoms with E-state index in [1.54, 1.807) is 12.1 Å². The first-order chi connectivity index (χ1) is 19.7. The minimum absolute atomic E-state index is 0.0411. The molecule has 1 aliphatic carbocycles. The van der Waals surface area contributed by atoms with E-state index in [0.717, 1.165) is 12.8 Å². The van der Waals surface area contributed by atoms with E-state index in [2.05, 4.69) is 30.1 Å². The highest BCUT2D eigenvalue weighted by Gasteiger charge is 2.23. The van der Waals surface area contributed by atoms with Gasteiger partial charge in [-0.25, -0.2) is 14.4 Å². The van der Waals surface area contributed by atoms with Gasteiger partial charge in [0.1, 0.15) is 23.7 Å². The highest BCUT2D eigenvalue weighted by atomic mass is 35.5. The van der Waals surface area contributed by atoms with E-state index >= 15 is 0 Å². The number of amides is 1. The molecule has 0 radical (unpaired) electrons. The van der Waals surface area contributed by atoms with Crippen molar-refractivity contribution in [2.45, 2.75) is 12.8 Å². The quantitative estimate of drug-likeness (QED) is 0.223. The fourth-order valence-electron chi connectivity index (χ4n) is 3.77. The van der Waals surface area contributed by atoms with Gasteiger partial charge in [0, 0.05) is 29.8 Å². The van der Waals surface area contributed by atoms with E-state index in [0.29, 0.717) is 46.4 Å². The Morgan fingerprint density at radius 3 is 2.49 bits per heavy atom. The van der Waals surface area contributed by atoms with Crippen molar-refractivity contribution >= 4 is 57.5 Å². The van der Waals surface area contributed by atoms with Crippen molar-refractivity contribution in [3.63, 3.8) is 0 Å². The van der Waals surface area contributed by atoms with Crippen LogP contribution in [0, 0.1) is 11.7 Å². The molecule has 11 nitrogen and oxygen atoms in total. The molecule has 0 bridgehead atoms. The number of hydrogen-bond donors (Lipinski definition) is 2. The summed E-state index contributed by atoms with van der Waals surface area (Å²) in [5, 5.41) is 6.47. The van der Waals surface area contributed by atoms with Crippen LogP contribution in [0.2, 0.25) is 5.02 Å². The molecule has 0 unspecified atom stereocenters. The monoisotopic (exact) mass is 585 g/mol. The Bertz CT molecular complexity index is 1450. The number of ether oxygens (including phenoxy) is 3. The molecule has 13 heteroatoms. The van der Waals surface area contributed by atoms with Crippen LogP contribution in [0.15, 0.2) is 48.8 Å². The zero-order chi connectivity index (χ0) is 29.4. The summed E-state index contributed by atoms with van der Waals surface area (Å²) in [6.07, 6.45) is 6.36. The summed E-state index contributed by atoms with van der Waals surface area (Å²) in [5.41, 5.74) is 1.47. The molecule has 0 spiro atoms. The summed E-state index contributed by atoms with van der Waals surface area (Å²) in [4.78, 5) is 46.4. The van der Waals surface area contributed by atoms with Gasteiger partial charge in [-0.1, -0.05) is 17.7 Å². The maximum atomic E-state index is 13.6. The minimum Gasteiger partial charge on any atom is -0.491 e. The number of anilines is 3. The van der Waals surface area contributed by atoms with Gasteiger partial charge in [0.25, 0.3) is 0 Å². The molecule has 1 aliphatic rings. The van der Waals surface area contributed by atoms with Crippen LogP contribution in [0.3, 0.4) is 0 Å². The van der Waals surface area contributed by atoms with Crippen LogP contribution in [-0.4, -0.2) is 73.2 Å². The van der Waals surface area contributed by atoms with Gasteiger partial charge in [-0.3, -0.25) is 19.3 Å². The summed E-state index contributed by atoms with van der Waals surface area (Å²) in [7, 11) is 2.49. The van der Waals surface area contributed by atoms with Crippen LogP contribution in [0.1, 0.15) is 12.8 Å². The second-order valence-corrected chi connectivity index (χ2v) is 9.72. The highest BCUT2D eigenvalue weighted by Crippen LogP contribution is 2.36. The molecule has 1 fully saturated rings. The first-order valence-electron chi connectivity index (χ1n) is 12.7. The fourth-order valence-corrected chi connectivity index (χ4v) is 3.95. The van der Waals surface area contributed by atoms with Gasteiger partial charge in [-0.15, -0.1) is 0 Å². The number of hydrogen-bond acceptors (Lipinski definition) is 10. The van der Waals surface area contributed by atoms with Crippen LogP contribution < -0.4 is 15.4 Å². The Morgan fingerprint density at radius 1 is 1.10 bits per heavy atom. The lowest BCUT2D eigenvalue weighted by Crippen LogP contribution is -2.35. The van der Waals surface area contributed by atoms with Gasteiger partial charge in [0.05, 0.1) is 50.1 Å². The Balaban J connectivity index is 1.55. The molecule has 216 valence electrons. The van der Waals surface area contributed by atoms with E-state index in [-0.39, 0.29) is 24.7 Å². The zero-order valence-corrected chi connectivity index (χ0v) is 23.2.